The summed E-state index contributed by atoms with van der Waals surface area (Å²) in [6.45, 7) is 3.67. The molecule has 3 fully saturated rings. The highest BCUT2D eigenvalue weighted by Gasteiger charge is 2.65. The molecule has 13 heteroatoms. The van der Waals surface area contributed by atoms with Crippen molar-refractivity contribution in [2.75, 3.05) is 58.4 Å². The molecule has 1 aromatic heterocycles. The van der Waals surface area contributed by atoms with E-state index in [9.17, 15) is 22.8 Å². The summed E-state index contributed by atoms with van der Waals surface area (Å²) in [6, 6.07) is 1.81. The van der Waals surface area contributed by atoms with E-state index in [1.54, 1.807) is 25.6 Å². The third-order valence-electron chi connectivity index (χ3n) is 7.02. The van der Waals surface area contributed by atoms with Crippen LogP contribution in [0.15, 0.2) is 18.5 Å². The fourth-order valence-corrected chi connectivity index (χ4v) is 5.27. The van der Waals surface area contributed by atoms with Gasteiger partial charge in [0.15, 0.2) is 0 Å². The van der Waals surface area contributed by atoms with Crippen LogP contribution in [0.4, 0.5) is 19.1 Å². The Balaban J connectivity index is 0.000000406. The number of aliphatic carboxylic acids is 1. The van der Waals surface area contributed by atoms with Crippen LogP contribution >= 0.6 is 0 Å². The SMILES string of the molecule is COCC(=O)N1CCC2(CC1)CN(c1ncccn1)CC21CCN(C)C1=O.O=C(O)C(F)(F)F. The van der Waals surface area contributed by atoms with Gasteiger partial charge >= 0.3 is 12.1 Å². The first kappa shape index (κ1) is 25.7. The van der Waals surface area contributed by atoms with E-state index >= 15 is 0 Å². The maximum absolute atomic E-state index is 13.3. The van der Waals surface area contributed by atoms with Crippen LogP contribution in [0, 0.1) is 10.8 Å². The molecular formula is C21H28F3N5O5. The molecule has 0 saturated carbocycles. The molecule has 1 N–H and O–H groups in total. The minimum absolute atomic E-state index is 0.0255. The van der Waals surface area contributed by atoms with Crippen LogP contribution in [-0.4, -0.2) is 102 Å². The third-order valence-corrected chi connectivity index (χ3v) is 7.02. The van der Waals surface area contributed by atoms with Crippen molar-refractivity contribution in [2.24, 2.45) is 10.8 Å². The van der Waals surface area contributed by atoms with Gasteiger partial charge in [-0.05, 0) is 25.3 Å². The molecule has 10 nitrogen and oxygen atoms in total. The maximum atomic E-state index is 13.3. The molecule has 0 aliphatic carbocycles. The number of nitrogens with zero attached hydrogens (tertiary/aromatic N) is 5. The standard InChI is InChI=1S/C19H27N5O3.C2HF3O2/c1-22-9-6-19(16(22)26)14-24(17-20-7-3-8-21-17)13-18(19)4-10-23(11-5-18)15(25)12-27-2;3-2(4,5)1(6)7/h3,7-8H,4-6,9-14H2,1-2H3;(H,6,7). The van der Waals surface area contributed by atoms with Crippen molar-refractivity contribution in [1.29, 1.82) is 0 Å². The molecule has 2 spiro atoms. The Kier molecular flexibility index (Phi) is 7.34. The quantitative estimate of drug-likeness (QED) is 0.672. The van der Waals surface area contributed by atoms with E-state index in [0.29, 0.717) is 25.6 Å². The van der Waals surface area contributed by atoms with E-state index in [1.807, 2.05) is 16.8 Å². The highest BCUT2D eigenvalue weighted by molar-refractivity contribution is 5.87. The van der Waals surface area contributed by atoms with Gasteiger partial charge in [0.05, 0.1) is 5.41 Å². The van der Waals surface area contributed by atoms with E-state index in [-0.39, 0.29) is 23.8 Å². The second kappa shape index (κ2) is 9.72. The molecule has 0 radical (unpaired) electrons. The first-order valence-corrected chi connectivity index (χ1v) is 10.8. The third kappa shape index (κ3) is 4.79. The Morgan fingerprint density at radius 3 is 2.18 bits per heavy atom. The molecule has 188 valence electrons. The number of aromatic nitrogens is 2. The van der Waals surface area contributed by atoms with Gasteiger partial charge in [-0.25, -0.2) is 14.8 Å². The maximum Gasteiger partial charge on any atom is 0.490 e. The van der Waals surface area contributed by atoms with E-state index in [1.165, 1.54) is 0 Å². The lowest BCUT2D eigenvalue weighted by Crippen LogP contribution is -2.53. The van der Waals surface area contributed by atoms with Crippen molar-refractivity contribution >= 4 is 23.7 Å². The molecule has 1 atom stereocenters. The van der Waals surface area contributed by atoms with Crippen molar-refractivity contribution in [1.82, 2.24) is 19.8 Å². The van der Waals surface area contributed by atoms with Gasteiger partial charge in [0, 0.05) is 64.7 Å². The Bertz CT molecular complexity index is 908. The molecule has 0 aromatic carbocycles. The smallest absolute Gasteiger partial charge is 0.475 e. The molecule has 4 heterocycles. The summed E-state index contributed by atoms with van der Waals surface area (Å²) < 4.78 is 36.7. The van der Waals surface area contributed by atoms with Crippen LogP contribution in [0.1, 0.15) is 19.3 Å². The predicted octanol–water partition coefficient (Wildman–Crippen LogP) is 1.03. The number of piperidine rings is 1. The fraction of sp³-hybridized carbons (Fsp3) is 0.667. The van der Waals surface area contributed by atoms with Crippen LogP contribution in [0.2, 0.25) is 0 Å². The number of carboxylic acids is 1. The molecule has 0 bridgehead atoms. The highest BCUT2D eigenvalue weighted by atomic mass is 19.4. The van der Waals surface area contributed by atoms with Crippen molar-refractivity contribution in [3.05, 3.63) is 18.5 Å². The summed E-state index contributed by atoms with van der Waals surface area (Å²) in [5.41, 5.74) is -0.546. The number of fused-ring (bicyclic) bond motifs is 1. The Labute approximate surface area is 194 Å². The summed E-state index contributed by atoms with van der Waals surface area (Å²) in [5.74, 6) is -1.81. The number of amides is 2. The number of alkyl halides is 3. The number of carbonyl (C=O) groups is 3. The first-order valence-electron chi connectivity index (χ1n) is 10.8. The van der Waals surface area contributed by atoms with Crippen LogP contribution in [0.3, 0.4) is 0 Å². The van der Waals surface area contributed by atoms with Crippen molar-refractivity contribution in [3.8, 4) is 0 Å². The van der Waals surface area contributed by atoms with E-state index in [2.05, 4.69) is 14.9 Å². The lowest BCUT2D eigenvalue weighted by molar-refractivity contribution is -0.192. The minimum atomic E-state index is -5.08. The van der Waals surface area contributed by atoms with Crippen LogP contribution in [-0.2, 0) is 19.1 Å². The van der Waals surface area contributed by atoms with Crippen LogP contribution in [0.25, 0.3) is 0 Å². The van der Waals surface area contributed by atoms with Gasteiger partial charge in [0.1, 0.15) is 6.61 Å². The monoisotopic (exact) mass is 487 g/mol. The summed E-state index contributed by atoms with van der Waals surface area (Å²) in [4.78, 5) is 49.1. The molecule has 1 aromatic rings. The van der Waals surface area contributed by atoms with Gasteiger partial charge in [-0.15, -0.1) is 0 Å². The zero-order valence-corrected chi connectivity index (χ0v) is 19.0. The minimum Gasteiger partial charge on any atom is -0.475 e. The largest absolute Gasteiger partial charge is 0.490 e. The Morgan fingerprint density at radius 1 is 1.12 bits per heavy atom. The average molecular weight is 487 g/mol. The lowest BCUT2D eigenvalue weighted by atomic mass is 9.60. The zero-order chi connectivity index (χ0) is 25.1. The van der Waals surface area contributed by atoms with Gasteiger partial charge in [0.2, 0.25) is 17.8 Å². The molecule has 3 aliphatic heterocycles. The number of likely N-dealkylation sites (tertiary alicyclic amines) is 2. The van der Waals surface area contributed by atoms with E-state index in [0.717, 1.165) is 32.4 Å². The first-order chi connectivity index (χ1) is 16.0. The predicted molar refractivity (Wildman–Crippen MR) is 113 cm³/mol. The summed E-state index contributed by atoms with van der Waals surface area (Å²) in [7, 11) is 3.43. The van der Waals surface area contributed by atoms with Crippen molar-refractivity contribution < 1.29 is 37.4 Å². The second-order valence-corrected chi connectivity index (χ2v) is 8.86. The Hall–Kier alpha value is -2.96. The Morgan fingerprint density at radius 2 is 1.71 bits per heavy atom. The van der Waals surface area contributed by atoms with Crippen molar-refractivity contribution in [3.63, 3.8) is 0 Å². The molecule has 3 aliphatic rings. The van der Waals surface area contributed by atoms with Gasteiger partial charge in [-0.3, -0.25) is 9.59 Å². The topological polar surface area (TPSA) is 116 Å². The van der Waals surface area contributed by atoms with Gasteiger partial charge in [-0.1, -0.05) is 0 Å². The molecule has 3 saturated heterocycles. The molecule has 34 heavy (non-hydrogen) atoms. The average Bonchev–Trinajstić information content (AvgIpc) is 3.27. The van der Waals surface area contributed by atoms with Gasteiger partial charge in [-0.2, -0.15) is 13.2 Å². The summed E-state index contributed by atoms with van der Waals surface area (Å²) in [6.07, 6.45) is 0.914. The van der Waals surface area contributed by atoms with Gasteiger partial charge < -0.3 is 24.5 Å². The number of anilines is 1. The highest BCUT2D eigenvalue weighted by Crippen LogP contribution is 2.58. The van der Waals surface area contributed by atoms with Crippen molar-refractivity contribution in [2.45, 2.75) is 25.4 Å². The number of carbonyl (C=O) groups excluding carboxylic acids is 2. The molecule has 4 rings (SSSR count). The fourth-order valence-electron chi connectivity index (χ4n) is 5.27. The number of hydrogen-bond donors (Lipinski definition) is 1. The molecule has 2 amide bonds. The van der Waals surface area contributed by atoms with Crippen LogP contribution < -0.4 is 4.90 Å². The number of rotatable bonds is 3. The van der Waals surface area contributed by atoms with Gasteiger partial charge in [0.25, 0.3) is 0 Å². The molecular weight excluding hydrogens is 459 g/mol. The number of carboxylic acid groups (broad SMARTS) is 1. The summed E-state index contributed by atoms with van der Waals surface area (Å²) in [5, 5.41) is 7.12. The number of ether oxygens (including phenoxy) is 1. The molecule has 1 unspecified atom stereocenters. The number of methoxy groups -OCH3 is 1. The van der Waals surface area contributed by atoms with E-state index < -0.39 is 17.6 Å². The van der Waals surface area contributed by atoms with Crippen LogP contribution in [0.5, 0.6) is 0 Å². The van der Waals surface area contributed by atoms with E-state index in [4.69, 9.17) is 14.6 Å². The normalized spacial score (nSPS) is 23.9. The summed E-state index contributed by atoms with van der Waals surface area (Å²) >= 11 is 0. The number of hydrogen-bond acceptors (Lipinski definition) is 7. The lowest BCUT2D eigenvalue weighted by Gasteiger charge is -2.46. The zero-order valence-electron chi connectivity index (χ0n) is 19.0. The number of halogens is 3. The second-order valence-electron chi connectivity index (χ2n) is 8.86.